The lowest BCUT2D eigenvalue weighted by molar-refractivity contribution is -0.139. The summed E-state index contributed by atoms with van der Waals surface area (Å²) < 4.78 is 0. The van der Waals surface area contributed by atoms with Gasteiger partial charge in [0.1, 0.15) is 6.29 Å². The lowest BCUT2D eigenvalue weighted by atomic mass is 9.98. The molecule has 1 rings (SSSR count). The van der Waals surface area contributed by atoms with Crippen molar-refractivity contribution in [2.24, 2.45) is 0 Å². The molecular formula is C9H9NO3. The van der Waals surface area contributed by atoms with Gasteiger partial charge in [0.05, 0.1) is 5.92 Å². The third-order valence-corrected chi connectivity index (χ3v) is 1.72. The maximum Gasteiger partial charge on any atom is 0.311 e. The van der Waals surface area contributed by atoms with E-state index in [1.807, 2.05) is 0 Å². The highest BCUT2D eigenvalue weighted by atomic mass is 16.4. The van der Waals surface area contributed by atoms with Crippen molar-refractivity contribution in [3.05, 3.63) is 30.1 Å². The summed E-state index contributed by atoms with van der Waals surface area (Å²) >= 11 is 0. The van der Waals surface area contributed by atoms with Gasteiger partial charge in [0, 0.05) is 18.8 Å². The predicted octanol–water partition coefficient (Wildman–Crippen LogP) is 0.839. The Morgan fingerprint density at radius 1 is 1.69 bits per heavy atom. The highest BCUT2D eigenvalue weighted by molar-refractivity contribution is 5.79. The van der Waals surface area contributed by atoms with E-state index in [0.717, 1.165) is 0 Å². The lowest BCUT2D eigenvalue weighted by Gasteiger charge is -2.07. The number of carboxylic acid groups (broad SMARTS) is 1. The van der Waals surface area contributed by atoms with Crippen LogP contribution in [0.4, 0.5) is 0 Å². The van der Waals surface area contributed by atoms with E-state index in [2.05, 4.69) is 4.98 Å². The number of nitrogens with zero attached hydrogens (tertiary/aromatic N) is 1. The molecule has 4 heteroatoms. The molecule has 4 nitrogen and oxygen atoms in total. The van der Waals surface area contributed by atoms with Gasteiger partial charge in [-0.3, -0.25) is 9.78 Å². The highest BCUT2D eigenvalue weighted by Crippen LogP contribution is 2.17. The number of carbonyl (C=O) groups is 2. The van der Waals surface area contributed by atoms with Crippen LogP contribution in [0, 0.1) is 0 Å². The van der Waals surface area contributed by atoms with Gasteiger partial charge in [0.2, 0.25) is 0 Å². The number of carboxylic acids is 1. The van der Waals surface area contributed by atoms with Gasteiger partial charge in [0.15, 0.2) is 0 Å². The largest absolute Gasteiger partial charge is 0.481 e. The van der Waals surface area contributed by atoms with Crippen LogP contribution in [0.3, 0.4) is 0 Å². The molecule has 0 aliphatic carbocycles. The summed E-state index contributed by atoms with van der Waals surface area (Å²) in [6, 6.07) is 3.30. The van der Waals surface area contributed by atoms with Crippen molar-refractivity contribution < 1.29 is 14.7 Å². The molecule has 0 aliphatic heterocycles. The van der Waals surface area contributed by atoms with Crippen molar-refractivity contribution in [1.82, 2.24) is 4.98 Å². The fourth-order valence-electron chi connectivity index (χ4n) is 1.06. The minimum absolute atomic E-state index is 0.0129. The molecule has 0 aromatic carbocycles. The molecule has 13 heavy (non-hydrogen) atoms. The topological polar surface area (TPSA) is 67.3 Å². The number of aromatic nitrogens is 1. The first-order valence-electron chi connectivity index (χ1n) is 3.82. The zero-order valence-corrected chi connectivity index (χ0v) is 6.88. The predicted molar refractivity (Wildman–Crippen MR) is 45.3 cm³/mol. The van der Waals surface area contributed by atoms with Gasteiger partial charge < -0.3 is 9.90 Å². The van der Waals surface area contributed by atoms with Gasteiger partial charge in [-0.2, -0.15) is 0 Å². The number of aldehydes is 1. The second-order valence-electron chi connectivity index (χ2n) is 2.58. The van der Waals surface area contributed by atoms with Gasteiger partial charge in [-0.25, -0.2) is 0 Å². The van der Waals surface area contributed by atoms with Gasteiger partial charge in [-0.05, 0) is 11.6 Å². The average Bonchev–Trinajstić information content (AvgIpc) is 2.15. The van der Waals surface area contributed by atoms with Crippen LogP contribution in [0.1, 0.15) is 17.9 Å². The molecule has 0 amide bonds. The van der Waals surface area contributed by atoms with Crippen LogP contribution in [0.2, 0.25) is 0 Å². The third kappa shape index (κ3) is 2.37. The Hall–Kier alpha value is -1.71. The van der Waals surface area contributed by atoms with Crippen molar-refractivity contribution in [3.8, 4) is 0 Å². The Morgan fingerprint density at radius 2 is 2.46 bits per heavy atom. The second kappa shape index (κ2) is 4.35. The zero-order valence-electron chi connectivity index (χ0n) is 6.88. The molecule has 0 saturated heterocycles. The van der Waals surface area contributed by atoms with Crippen molar-refractivity contribution >= 4 is 12.3 Å². The number of aliphatic carboxylic acids is 1. The number of pyridine rings is 1. The molecule has 0 radical (unpaired) electrons. The van der Waals surface area contributed by atoms with Crippen molar-refractivity contribution in [2.45, 2.75) is 12.3 Å². The molecule has 0 bridgehead atoms. The van der Waals surface area contributed by atoms with Crippen LogP contribution >= 0.6 is 0 Å². The summed E-state index contributed by atoms with van der Waals surface area (Å²) in [5.74, 6) is -1.77. The van der Waals surface area contributed by atoms with E-state index >= 15 is 0 Å². The van der Waals surface area contributed by atoms with Gasteiger partial charge in [-0.15, -0.1) is 0 Å². The molecule has 0 fully saturated rings. The number of carbonyl (C=O) groups excluding carboxylic acids is 1. The maximum absolute atomic E-state index is 10.7. The van der Waals surface area contributed by atoms with Crippen molar-refractivity contribution in [2.75, 3.05) is 0 Å². The van der Waals surface area contributed by atoms with E-state index in [-0.39, 0.29) is 6.42 Å². The van der Waals surface area contributed by atoms with E-state index in [4.69, 9.17) is 5.11 Å². The summed E-state index contributed by atoms with van der Waals surface area (Å²) in [4.78, 5) is 24.7. The Labute approximate surface area is 75.2 Å². The molecule has 1 aromatic heterocycles. The Kier molecular flexibility index (Phi) is 3.14. The van der Waals surface area contributed by atoms with E-state index in [0.29, 0.717) is 11.8 Å². The first-order valence-corrected chi connectivity index (χ1v) is 3.82. The highest BCUT2D eigenvalue weighted by Gasteiger charge is 2.18. The molecule has 0 aliphatic rings. The van der Waals surface area contributed by atoms with E-state index < -0.39 is 11.9 Å². The summed E-state index contributed by atoms with van der Waals surface area (Å²) in [6.07, 6.45) is 3.61. The van der Waals surface area contributed by atoms with E-state index in [9.17, 15) is 9.59 Å². The first kappa shape index (κ1) is 9.38. The molecule has 1 atom stereocenters. The number of rotatable bonds is 4. The molecule has 1 aromatic rings. The van der Waals surface area contributed by atoms with Crippen LogP contribution in [-0.4, -0.2) is 22.3 Å². The lowest BCUT2D eigenvalue weighted by Crippen LogP contribution is -2.12. The van der Waals surface area contributed by atoms with Gasteiger partial charge in [-0.1, -0.05) is 6.07 Å². The fourth-order valence-corrected chi connectivity index (χ4v) is 1.06. The molecule has 1 N–H and O–H groups in total. The molecular weight excluding hydrogens is 170 g/mol. The molecule has 1 unspecified atom stereocenters. The van der Waals surface area contributed by atoms with Gasteiger partial charge >= 0.3 is 5.97 Å². The smallest absolute Gasteiger partial charge is 0.311 e. The quantitative estimate of drug-likeness (QED) is 0.695. The zero-order chi connectivity index (χ0) is 9.68. The summed E-state index contributed by atoms with van der Waals surface area (Å²) in [5, 5.41) is 8.77. The van der Waals surface area contributed by atoms with E-state index in [1.165, 1.54) is 6.20 Å². The molecule has 0 spiro atoms. The van der Waals surface area contributed by atoms with E-state index in [1.54, 1.807) is 18.3 Å². The second-order valence-corrected chi connectivity index (χ2v) is 2.58. The fraction of sp³-hybridized carbons (Fsp3) is 0.222. The number of hydrogen-bond acceptors (Lipinski definition) is 3. The summed E-state index contributed by atoms with van der Waals surface area (Å²) in [7, 11) is 0. The normalized spacial score (nSPS) is 12.0. The molecule has 68 valence electrons. The summed E-state index contributed by atoms with van der Waals surface area (Å²) in [5.41, 5.74) is 0.558. The van der Waals surface area contributed by atoms with Crippen molar-refractivity contribution in [1.29, 1.82) is 0 Å². The SMILES string of the molecule is O=CCC(C(=O)O)c1cccnc1. The summed E-state index contributed by atoms with van der Waals surface area (Å²) in [6.45, 7) is 0. The molecule has 1 heterocycles. The molecule has 0 saturated carbocycles. The van der Waals surface area contributed by atoms with Crippen LogP contribution in [0.5, 0.6) is 0 Å². The first-order chi connectivity index (χ1) is 6.25. The van der Waals surface area contributed by atoms with Crippen LogP contribution in [0.15, 0.2) is 24.5 Å². The Bertz CT molecular complexity index is 297. The van der Waals surface area contributed by atoms with Crippen LogP contribution in [0.25, 0.3) is 0 Å². The van der Waals surface area contributed by atoms with Gasteiger partial charge in [0.25, 0.3) is 0 Å². The van der Waals surface area contributed by atoms with Crippen molar-refractivity contribution in [3.63, 3.8) is 0 Å². The average molecular weight is 179 g/mol. The standard InChI is InChI=1S/C9H9NO3/c11-5-3-8(9(12)13)7-2-1-4-10-6-7/h1-2,4-6,8H,3H2,(H,12,13). The Balaban J connectivity index is 2.88. The van der Waals surface area contributed by atoms with Crippen LogP contribution < -0.4 is 0 Å². The minimum atomic E-state index is -1.000. The third-order valence-electron chi connectivity index (χ3n) is 1.72. The number of hydrogen-bond donors (Lipinski definition) is 1. The monoisotopic (exact) mass is 179 g/mol. The maximum atomic E-state index is 10.7. The van der Waals surface area contributed by atoms with Crippen LogP contribution in [-0.2, 0) is 9.59 Å². The Morgan fingerprint density at radius 3 is 2.92 bits per heavy atom. The minimum Gasteiger partial charge on any atom is -0.481 e.